The molecule has 2 heterocycles. The van der Waals surface area contributed by atoms with E-state index in [1.54, 1.807) is 18.7 Å². The van der Waals surface area contributed by atoms with Gasteiger partial charge in [0.2, 0.25) is 0 Å². The van der Waals surface area contributed by atoms with Crippen LogP contribution in [0.2, 0.25) is 0 Å². The van der Waals surface area contributed by atoms with Gasteiger partial charge in [0, 0.05) is 18.0 Å². The molecule has 5 nitrogen and oxygen atoms in total. The highest BCUT2D eigenvalue weighted by Gasteiger charge is 2.45. The Labute approximate surface area is 134 Å². The number of carbonyl (C=O) groups excluding carboxylic acids is 2. The zero-order chi connectivity index (χ0) is 15.7. The number of nitrogens with zero attached hydrogens (tertiary/aromatic N) is 2. The molecule has 1 spiro atoms. The number of rotatable bonds is 2. The first-order valence-electron chi connectivity index (χ1n) is 7.36. The maximum absolute atomic E-state index is 12.7. The zero-order valence-corrected chi connectivity index (χ0v) is 13.6. The van der Waals surface area contributed by atoms with E-state index in [0.29, 0.717) is 31.8 Å². The van der Waals surface area contributed by atoms with Crippen LogP contribution in [0.5, 0.6) is 0 Å². The van der Waals surface area contributed by atoms with Crippen LogP contribution in [-0.4, -0.2) is 47.4 Å². The molecular formula is C16H19N3O2S. The van der Waals surface area contributed by atoms with Crippen LogP contribution in [0.15, 0.2) is 34.2 Å². The van der Waals surface area contributed by atoms with Crippen LogP contribution in [0.1, 0.15) is 30.1 Å². The van der Waals surface area contributed by atoms with Gasteiger partial charge in [-0.15, -0.1) is 11.8 Å². The highest BCUT2D eigenvalue weighted by Crippen LogP contribution is 2.31. The summed E-state index contributed by atoms with van der Waals surface area (Å²) in [6.45, 7) is 2.93. The summed E-state index contributed by atoms with van der Waals surface area (Å²) in [6, 6.07) is 7.65. The van der Waals surface area contributed by atoms with E-state index in [9.17, 15) is 9.59 Å². The smallest absolute Gasteiger partial charge is 0.254 e. The highest BCUT2D eigenvalue weighted by atomic mass is 32.2. The highest BCUT2D eigenvalue weighted by molar-refractivity contribution is 7.98. The van der Waals surface area contributed by atoms with Crippen molar-refractivity contribution >= 4 is 29.4 Å². The van der Waals surface area contributed by atoms with Gasteiger partial charge in [0.25, 0.3) is 11.8 Å². The summed E-state index contributed by atoms with van der Waals surface area (Å²) in [5.74, 6) is 0.693. The fraction of sp³-hybridized carbons (Fsp3) is 0.438. The lowest BCUT2D eigenvalue weighted by Crippen LogP contribution is -2.50. The Balaban J connectivity index is 1.74. The Morgan fingerprint density at radius 2 is 2.00 bits per heavy atom. The monoisotopic (exact) mass is 317 g/mol. The van der Waals surface area contributed by atoms with Crippen LogP contribution >= 0.6 is 11.8 Å². The molecule has 3 rings (SSSR count). The minimum Gasteiger partial charge on any atom is -0.338 e. The second-order valence-corrected chi connectivity index (χ2v) is 6.52. The van der Waals surface area contributed by atoms with E-state index in [-0.39, 0.29) is 11.8 Å². The molecule has 6 heteroatoms. The number of benzene rings is 1. The lowest BCUT2D eigenvalue weighted by atomic mass is 9.88. The van der Waals surface area contributed by atoms with Crippen molar-refractivity contribution in [2.45, 2.75) is 30.2 Å². The Kier molecular flexibility index (Phi) is 3.95. The standard InChI is InChI=1S/C16H19N3O2S/c1-11-17-15(21)16(18-11)7-9-19(10-8-16)14(20)12-5-3-4-6-13(12)22-2/h3-6H,7-10H2,1-2H3,(H,17,18,21). The lowest BCUT2D eigenvalue weighted by Gasteiger charge is -2.35. The average molecular weight is 317 g/mol. The molecule has 0 unspecified atom stereocenters. The molecule has 2 aliphatic heterocycles. The molecule has 2 aliphatic rings. The topological polar surface area (TPSA) is 61.8 Å². The first-order chi connectivity index (χ1) is 10.6. The second-order valence-electron chi connectivity index (χ2n) is 5.68. The largest absolute Gasteiger partial charge is 0.338 e. The molecule has 1 saturated heterocycles. The summed E-state index contributed by atoms with van der Waals surface area (Å²) in [5, 5.41) is 2.78. The van der Waals surface area contributed by atoms with E-state index in [1.165, 1.54) is 0 Å². The predicted molar refractivity (Wildman–Crippen MR) is 87.3 cm³/mol. The van der Waals surface area contributed by atoms with E-state index < -0.39 is 5.54 Å². The van der Waals surface area contributed by atoms with E-state index >= 15 is 0 Å². The van der Waals surface area contributed by atoms with Crippen molar-refractivity contribution in [1.82, 2.24) is 10.2 Å². The fourth-order valence-electron chi connectivity index (χ4n) is 3.09. The third-order valence-electron chi connectivity index (χ3n) is 4.31. The molecule has 1 aromatic carbocycles. The molecule has 0 aliphatic carbocycles. The lowest BCUT2D eigenvalue weighted by molar-refractivity contribution is -0.125. The zero-order valence-electron chi connectivity index (χ0n) is 12.8. The Hall–Kier alpha value is -1.82. The van der Waals surface area contributed by atoms with Gasteiger partial charge in [0.1, 0.15) is 11.4 Å². The molecule has 0 radical (unpaired) electrons. The van der Waals surface area contributed by atoms with Crippen molar-refractivity contribution in [3.8, 4) is 0 Å². The van der Waals surface area contributed by atoms with E-state index in [1.807, 2.05) is 35.4 Å². The minimum absolute atomic E-state index is 0.0263. The van der Waals surface area contributed by atoms with Crippen molar-refractivity contribution in [3.63, 3.8) is 0 Å². The molecule has 0 bridgehead atoms. The van der Waals surface area contributed by atoms with Gasteiger partial charge in [-0.05, 0) is 38.2 Å². The van der Waals surface area contributed by atoms with Gasteiger partial charge < -0.3 is 10.2 Å². The van der Waals surface area contributed by atoms with Gasteiger partial charge >= 0.3 is 0 Å². The normalized spacial score (nSPS) is 20.0. The van der Waals surface area contributed by atoms with Gasteiger partial charge in [0.05, 0.1) is 5.56 Å². The summed E-state index contributed by atoms with van der Waals surface area (Å²) in [5.41, 5.74) is 0.0846. The third-order valence-corrected chi connectivity index (χ3v) is 5.11. The minimum atomic E-state index is -0.653. The summed E-state index contributed by atoms with van der Waals surface area (Å²) < 4.78 is 0. The molecule has 0 saturated carbocycles. The van der Waals surface area contributed by atoms with Gasteiger partial charge in [-0.3, -0.25) is 14.6 Å². The van der Waals surface area contributed by atoms with Gasteiger partial charge in [-0.1, -0.05) is 12.1 Å². The molecule has 116 valence electrons. The van der Waals surface area contributed by atoms with Crippen LogP contribution in [0.3, 0.4) is 0 Å². The van der Waals surface area contributed by atoms with E-state index in [0.717, 1.165) is 10.5 Å². The molecule has 1 N–H and O–H groups in total. The number of nitrogens with one attached hydrogen (secondary N) is 1. The van der Waals surface area contributed by atoms with Crippen molar-refractivity contribution < 1.29 is 9.59 Å². The van der Waals surface area contributed by atoms with Crippen molar-refractivity contribution in [2.24, 2.45) is 4.99 Å². The molecule has 2 amide bonds. The van der Waals surface area contributed by atoms with Crippen LogP contribution in [-0.2, 0) is 4.79 Å². The molecule has 0 atom stereocenters. The van der Waals surface area contributed by atoms with Crippen LogP contribution in [0, 0.1) is 0 Å². The predicted octanol–water partition coefficient (Wildman–Crippen LogP) is 1.93. The van der Waals surface area contributed by atoms with E-state index in [2.05, 4.69) is 10.3 Å². The molecule has 0 aromatic heterocycles. The van der Waals surface area contributed by atoms with Crippen molar-refractivity contribution in [3.05, 3.63) is 29.8 Å². The quantitative estimate of drug-likeness (QED) is 0.848. The number of piperidine rings is 1. The summed E-state index contributed by atoms with van der Waals surface area (Å²) >= 11 is 1.57. The van der Waals surface area contributed by atoms with Crippen LogP contribution in [0.25, 0.3) is 0 Å². The number of hydrogen-bond acceptors (Lipinski definition) is 4. The van der Waals surface area contributed by atoms with E-state index in [4.69, 9.17) is 0 Å². The number of thioether (sulfide) groups is 1. The summed E-state index contributed by atoms with van der Waals surface area (Å²) in [4.78, 5) is 32.1. The molecule has 1 aromatic rings. The first kappa shape index (κ1) is 15.1. The number of aliphatic imine (C=N–C) groups is 1. The SMILES string of the molecule is CSc1ccccc1C(=O)N1CCC2(CC1)N=C(C)NC2=O. The number of amidine groups is 1. The number of carbonyl (C=O) groups is 2. The van der Waals surface area contributed by atoms with Crippen molar-refractivity contribution in [2.75, 3.05) is 19.3 Å². The van der Waals surface area contributed by atoms with Crippen LogP contribution < -0.4 is 5.32 Å². The van der Waals surface area contributed by atoms with Crippen molar-refractivity contribution in [1.29, 1.82) is 0 Å². The molecular weight excluding hydrogens is 298 g/mol. The van der Waals surface area contributed by atoms with Gasteiger partial charge in [-0.2, -0.15) is 0 Å². The third kappa shape index (κ3) is 2.52. The molecule has 22 heavy (non-hydrogen) atoms. The number of amides is 2. The fourth-order valence-corrected chi connectivity index (χ4v) is 3.68. The maximum Gasteiger partial charge on any atom is 0.254 e. The summed E-state index contributed by atoms with van der Waals surface area (Å²) in [6.07, 6.45) is 3.14. The molecule has 1 fully saturated rings. The van der Waals surface area contributed by atoms with Crippen LogP contribution in [0.4, 0.5) is 0 Å². The maximum atomic E-state index is 12.7. The average Bonchev–Trinajstić information content (AvgIpc) is 2.81. The van der Waals surface area contributed by atoms with Gasteiger partial charge in [0.15, 0.2) is 0 Å². The van der Waals surface area contributed by atoms with Gasteiger partial charge in [-0.25, -0.2) is 0 Å². The first-order valence-corrected chi connectivity index (χ1v) is 8.58. The number of hydrogen-bond donors (Lipinski definition) is 1. The Morgan fingerprint density at radius 3 is 2.59 bits per heavy atom. The summed E-state index contributed by atoms with van der Waals surface area (Å²) in [7, 11) is 0. The number of likely N-dealkylation sites (tertiary alicyclic amines) is 1. The Morgan fingerprint density at radius 1 is 1.32 bits per heavy atom. The second kappa shape index (κ2) is 5.76. The Bertz CT molecular complexity index is 649.